The molecule has 1 aliphatic heterocycles. The molecule has 4 nitrogen and oxygen atoms in total. The maximum Gasteiger partial charge on any atom is 0.197 e. The average Bonchev–Trinajstić information content (AvgIpc) is 2.42. The Hall–Kier alpha value is -0.970. The molecule has 0 aliphatic carbocycles. The van der Waals surface area contributed by atoms with Gasteiger partial charge in [-0.05, 0) is 16.9 Å². The number of hydrogen-bond donors (Lipinski definition) is 1. The zero-order chi connectivity index (χ0) is 10.3. The second-order valence-electron chi connectivity index (χ2n) is 4.43. The van der Waals surface area contributed by atoms with Crippen LogP contribution in [-0.2, 0) is 0 Å². The lowest BCUT2D eigenvalue weighted by molar-refractivity contribution is 0.275. The third-order valence-corrected chi connectivity index (χ3v) is 3.29. The number of nitrogens with two attached hydrogens (primary N) is 1. The van der Waals surface area contributed by atoms with Crippen LogP contribution in [0.3, 0.4) is 0 Å². The molecule has 5 heteroatoms. The van der Waals surface area contributed by atoms with Gasteiger partial charge in [-0.1, -0.05) is 13.8 Å². The SMILES string of the molecule is COc1c(N)nsc1N1CC(C)(C)C1. The Bertz CT molecular complexity index is 340. The molecule has 0 spiro atoms. The molecule has 0 bridgehead atoms. The molecular weight excluding hydrogens is 198 g/mol. The monoisotopic (exact) mass is 213 g/mol. The smallest absolute Gasteiger partial charge is 0.197 e. The lowest BCUT2D eigenvalue weighted by atomic mass is 9.85. The standard InChI is InChI=1S/C9H15N3OS/c1-9(2)4-12(5-9)8-6(13-3)7(10)11-14-8/h4-5H2,1-3H3,(H2,10,11). The molecule has 14 heavy (non-hydrogen) atoms. The normalized spacial score (nSPS) is 19.2. The van der Waals surface area contributed by atoms with Crippen LogP contribution in [0.2, 0.25) is 0 Å². The summed E-state index contributed by atoms with van der Waals surface area (Å²) < 4.78 is 9.31. The van der Waals surface area contributed by atoms with Crippen LogP contribution >= 0.6 is 11.5 Å². The summed E-state index contributed by atoms with van der Waals surface area (Å²) in [7, 11) is 1.63. The van der Waals surface area contributed by atoms with Gasteiger partial charge in [0.15, 0.2) is 16.6 Å². The van der Waals surface area contributed by atoms with Gasteiger partial charge in [-0.25, -0.2) is 0 Å². The molecule has 0 saturated carbocycles. The first-order chi connectivity index (χ1) is 6.53. The molecule has 2 heterocycles. The number of aromatic nitrogens is 1. The minimum atomic E-state index is 0.407. The van der Waals surface area contributed by atoms with E-state index in [-0.39, 0.29) is 0 Å². The fraction of sp³-hybridized carbons (Fsp3) is 0.667. The molecular formula is C9H15N3OS. The predicted molar refractivity (Wildman–Crippen MR) is 59.1 cm³/mol. The second kappa shape index (κ2) is 3.02. The molecule has 2 rings (SSSR count). The van der Waals surface area contributed by atoms with Gasteiger partial charge in [0.25, 0.3) is 0 Å². The first kappa shape index (κ1) is 9.58. The van der Waals surface area contributed by atoms with Gasteiger partial charge in [-0.15, -0.1) is 0 Å². The Morgan fingerprint density at radius 2 is 2.14 bits per heavy atom. The number of hydrogen-bond acceptors (Lipinski definition) is 5. The van der Waals surface area contributed by atoms with Crippen LogP contribution in [0.1, 0.15) is 13.8 Å². The van der Waals surface area contributed by atoms with Crippen molar-refractivity contribution in [2.75, 3.05) is 30.8 Å². The molecule has 1 aliphatic rings. The summed E-state index contributed by atoms with van der Waals surface area (Å²) >= 11 is 1.41. The Morgan fingerprint density at radius 1 is 1.50 bits per heavy atom. The Labute approximate surface area is 87.8 Å². The third kappa shape index (κ3) is 1.41. The number of methoxy groups -OCH3 is 1. The zero-order valence-electron chi connectivity index (χ0n) is 8.70. The van der Waals surface area contributed by atoms with Gasteiger partial charge in [-0.3, -0.25) is 0 Å². The summed E-state index contributed by atoms with van der Waals surface area (Å²) in [5.41, 5.74) is 6.09. The molecule has 0 unspecified atom stereocenters. The van der Waals surface area contributed by atoms with Crippen LogP contribution in [-0.4, -0.2) is 24.6 Å². The van der Waals surface area contributed by atoms with Crippen LogP contribution < -0.4 is 15.4 Å². The summed E-state index contributed by atoms with van der Waals surface area (Å²) in [5.74, 6) is 1.22. The number of anilines is 2. The fourth-order valence-corrected chi connectivity index (χ4v) is 2.59. The first-order valence-corrected chi connectivity index (χ1v) is 5.35. The minimum Gasteiger partial charge on any atom is -0.490 e. The molecule has 0 atom stereocenters. The highest BCUT2D eigenvalue weighted by Crippen LogP contribution is 2.43. The molecule has 1 saturated heterocycles. The van der Waals surface area contributed by atoms with E-state index in [0.29, 0.717) is 11.2 Å². The van der Waals surface area contributed by atoms with E-state index in [1.54, 1.807) is 7.11 Å². The van der Waals surface area contributed by atoms with Crippen molar-refractivity contribution >= 4 is 22.4 Å². The van der Waals surface area contributed by atoms with Gasteiger partial charge < -0.3 is 15.4 Å². The second-order valence-corrected chi connectivity index (χ2v) is 5.18. The molecule has 1 aromatic rings. The maximum atomic E-state index is 5.68. The van der Waals surface area contributed by atoms with Gasteiger partial charge in [0.2, 0.25) is 0 Å². The quantitative estimate of drug-likeness (QED) is 0.810. The lowest BCUT2D eigenvalue weighted by Gasteiger charge is -2.46. The number of ether oxygens (including phenoxy) is 1. The first-order valence-electron chi connectivity index (χ1n) is 4.57. The minimum absolute atomic E-state index is 0.407. The molecule has 0 amide bonds. The number of rotatable bonds is 2. The molecule has 1 fully saturated rings. The van der Waals surface area contributed by atoms with E-state index >= 15 is 0 Å². The lowest BCUT2D eigenvalue weighted by Crippen LogP contribution is -2.52. The fourth-order valence-electron chi connectivity index (χ4n) is 1.81. The summed E-state index contributed by atoms with van der Waals surface area (Å²) in [5, 5.41) is 1.06. The Kier molecular flexibility index (Phi) is 2.06. The van der Waals surface area contributed by atoms with Gasteiger partial charge in [0.1, 0.15) is 0 Å². The van der Waals surface area contributed by atoms with Crippen molar-refractivity contribution in [2.45, 2.75) is 13.8 Å². The predicted octanol–water partition coefficient (Wildman–Crippen LogP) is 1.58. The van der Waals surface area contributed by atoms with Crippen molar-refractivity contribution in [1.82, 2.24) is 4.37 Å². The van der Waals surface area contributed by atoms with Crippen molar-refractivity contribution in [1.29, 1.82) is 0 Å². The topological polar surface area (TPSA) is 51.4 Å². The van der Waals surface area contributed by atoms with E-state index in [9.17, 15) is 0 Å². The molecule has 1 aromatic heterocycles. The molecule has 0 aromatic carbocycles. The van der Waals surface area contributed by atoms with Gasteiger partial charge >= 0.3 is 0 Å². The van der Waals surface area contributed by atoms with Gasteiger partial charge in [-0.2, -0.15) is 4.37 Å². The van der Waals surface area contributed by atoms with E-state index < -0.39 is 0 Å². The summed E-state index contributed by atoms with van der Waals surface area (Å²) in [6.45, 7) is 6.59. The zero-order valence-corrected chi connectivity index (χ0v) is 9.52. The molecule has 78 valence electrons. The third-order valence-electron chi connectivity index (χ3n) is 2.39. The number of nitrogens with zero attached hydrogens (tertiary/aromatic N) is 2. The number of nitrogen functional groups attached to an aromatic ring is 1. The summed E-state index contributed by atoms with van der Waals surface area (Å²) in [6.07, 6.45) is 0. The average molecular weight is 213 g/mol. The summed E-state index contributed by atoms with van der Waals surface area (Å²) in [4.78, 5) is 2.26. The van der Waals surface area contributed by atoms with E-state index in [0.717, 1.165) is 23.8 Å². The van der Waals surface area contributed by atoms with Crippen molar-refractivity contribution < 1.29 is 4.74 Å². The van der Waals surface area contributed by atoms with Crippen LogP contribution in [0.4, 0.5) is 10.8 Å². The van der Waals surface area contributed by atoms with E-state index in [1.165, 1.54) is 11.5 Å². The highest BCUT2D eigenvalue weighted by Gasteiger charge is 2.37. The van der Waals surface area contributed by atoms with Gasteiger partial charge in [0.05, 0.1) is 7.11 Å². The molecule has 2 N–H and O–H groups in total. The summed E-state index contributed by atoms with van der Waals surface area (Å²) in [6, 6.07) is 0. The van der Waals surface area contributed by atoms with Crippen molar-refractivity contribution in [3.8, 4) is 5.75 Å². The maximum absolute atomic E-state index is 5.68. The Balaban J connectivity index is 2.18. The van der Waals surface area contributed by atoms with E-state index in [4.69, 9.17) is 10.5 Å². The van der Waals surface area contributed by atoms with Crippen molar-refractivity contribution in [2.24, 2.45) is 5.41 Å². The van der Waals surface area contributed by atoms with Crippen LogP contribution in [0, 0.1) is 5.41 Å². The van der Waals surface area contributed by atoms with Crippen molar-refractivity contribution in [3.05, 3.63) is 0 Å². The van der Waals surface area contributed by atoms with Gasteiger partial charge in [0, 0.05) is 13.1 Å². The van der Waals surface area contributed by atoms with Crippen LogP contribution in [0.15, 0.2) is 0 Å². The highest BCUT2D eigenvalue weighted by molar-refractivity contribution is 7.11. The van der Waals surface area contributed by atoms with E-state index in [1.807, 2.05) is 0 Å². The molecule has 0 radical (unpaired) electrons. The highest BCUT2D eigenvalue weighted by atomic mass is 32.1. The largest absolute Gasteiger partial charge is 0.490 e. The van der Waals surface area contributed by atoms with Crippen LogP contribution in [0.5, 0.6) is 5.75 Å². The Morgan fingerprint density at radius 3 is 2.64 bits per heavy atom. The van der Waals surface area contributed by atoms with Crippen molar-refractivity contribution in [3.63, 3.8) is 0 Å². The van der Waals surface area contributed by atoms with Crippen LogP contribution in [0.25, 0.3) is 0 Å². The van der Waals surface area contributed by atoms with E-state index in [2.05, 4.69) is 23.1 Å².